The number of carbonyl (C=O) groups is 1. The number of hydrogen-bond acceptors (Lipinski definition) is 2. The number of fused-ring (bicyclic) bond motifs is 1. The lowest BCUT2D eigenvalue weighted by molar-refractivity contribution is -0.252. The molecule has 0 saturated carbocycles. The Bertz CT molecular complexity index is 569. The summed E-state index contributed by atoms with van der Waals surface area (Å²) in [6, 6.07) is 11.4. The Kier molecular flexibility index (Phi) is 3.81. The first-order valence-corrected chi connectivity index (χ1v) is 6.75. The average molecular weight is 360 g/mol. The quantitative estimate of drug-likeness (QED) is 0.509. The number of alkyl halides is 2. The van der Waals surface area contributed by atoms with E-state index in [1.54, 1.807) is 6.07 Å². The van der Waals surface area contributed by atoms with Gasteiger partial charge in [0, 0.05) is 11.5 Å². The minimum atomic E-state index is -0.505. The van der Waals surface area contributed by atoms with E-state index < -0.39 is 3.74 Å². The van der Waals surface area contributed by atoms with Crippen LogP contribution in [0.3, 0.4) is 0 Å². The molecule has 0 spiro atoms. The Hall–Kier alpha value is -0.910. The van der Waals surface area contributed by atoms with Crippen molar-refractivity contribution in [3.8, 4) is 5.75 Å². The SMILES string of the molecule is [NH3+]c1cc(OC(=O)C(Br)Br)cc2ccccc12. The molecule has 0 unspecified atom stereocenters. The van der Waals surface area contributed by atoms with Gasteiger partial charge in [-0.2, -0.15) is 0 Å². The van der Waals surface area contributed by atoms with E-state index in [1.165, 1.54) is 0 Å². The van der Waals surface area contributed by atoms with Crippen LogP contribution in [0.25, 0.3) is 10.8 Å². The zero-order chi connectivity index (χ0) is 12.4. The summed E-state index contributed by atoms with van der Waals surface area (Å²) in [6.45, 7) is 0. The molecule has 0 aliphatic heterocycles. The molecule has 0 heterocycles. The number of esters is 1. The second-order valence-corrected chi connectivity index (χ2v) is 6.59. The number of ether oxygens (including phenoxy) is 1. The topological polar surface area (TPSA) is 53.9 Å². The summed E-state index contributed by atoms with van der Waals surface area (Å²) in [5.41, 5.74) is 4.79. The van der Waals surface area contributed by atoms with Gasteiger partial charge in [-0.25, -0.2) is 4.79 Å². The molecule has 0 amide bonds. The lowest BCUT2D eigenvalue weighted by Crippen LogP contribution is -2.40. The molecule has 5 heteroatoms. The fourth-order valence-electron chi connectivity index (χ4n) is 1.58. The van der Waals surface area contributed by atoms with E-state index in [9.17, 15) is 4.79 Å². The Morgan fingerprint density at radius 3 is 2.65 bits per heavy atom. The maximum Gasteiger partial charge on any atom is 0.336 e. The molecular formula is C12H10Br2NO2+. The largest absolute Gasteiger partial charge is 0.425 e. The maximum atomic E-state index is 11.4. The predicted molar refractivity (Wildman–Crippen MR) is 73.8 cm³/mol. The van der Waals surface area contributed by atoms with Crippen molar-refractivity contribution in [3.05, 3.63) is 36.4 Å². The predicted octanol–water partition coefficient (Wildman–Crippen LogP) is 2.73. The van der Waals surface area contributed by atoms with Crippen molar-refractivity contribution in [1.82, 2.24) is 0 Å². The molecule has 0 aliphatic rings. The molecular weight excluding hydrogens is 350 g/mol. The Morgan fingerprint density at radius 2 is 1.94 bits per heavy atom. The first-order chi connectivity index (χ1) is 8.08. The van der Waals surface area contributed by atoms with Gasteiger partial charge in [-0.05, 0) is 17.5 Å². The maximum absolute atomic E-state index is 11.4. The molecule has 0 saturated heterocycles. The zero-order valence-corrected chi connectivity index (χ0v) is 12.0. The van der Waals surface area contributed by atoms with E-state index in [0.717, 1.165) is 16.5 Å². The van der Waals surface area contributed by atoms with E-state index in [2.05, 4.69) is 37.6 Å². The van der Waals surface area contributed by atoms with Crippen molar-refractivity contribution in [2.45, 2.75) is 3.74 Å². The summed E-state index contributed by atoms with van der Waals surface area (Å²) in [5.74, 6) is 0.113. The van der Waals surface area contributed by atoms with E-state index in [1.807, 2.05) is 30.3 Å². The van der Waals surface area contributed by atoms with Crippen LogP contribution < -0.4 is 10.5 Å². The number of carbonyl (C=O) groups excluding carboxylic acids is 1. The smallest absolute Gasteiger partial charge is 0.336 e. The second kappa shape index (κ2) is 5.16. The molecule has 3 nitrogen and oxygen atoms in total. The lowest BCUT2D eigenvalue weighted by atomic mass is 10.1. The number of quaternary nitrogens is 1. The van der Waals surface area contributed by atoms with Crippen molar-refractivity contribution >= 4 is 54.3 Å². The summed E-state index contributed by atoms with van der Waals surface area (Å²) in [7, 11) is 0. The third-order valence-corrected chi connectivity index (χ3v) is 3.07. The first kappa shape index (κ1) is 12.5. The fourth-order valence-corrected chi connectivity index (χ4v) is 1.77. The van der Waals surface area contributed by atoms with Crippen LogP contribution in [-0.2, 0) is 4.79 Å². The summed E-state index contributed by atoms with van der Waals surface area (Å²) in [5, 5.41) is 2.06. The van der Waals surface area contributed by atoms with Crippen LogP contribution in [0.4, 0.5) is 5.69 Å². The van der Waals surface area contributed by atoms with Crippen molar-refractivity contribution < 1.29 is 15.3 Å². The van der Waals surface area contributed by atoms with Gasteiger partial charge >= 0.3 is 5.97 Å². The van der Waals surface area contributed by atoms with Gasteiger partial charge in [-0.1, -0.05) is 50.1 Å². The lowest BCUT2D eigenvalue weighted by Gasteiger charge is -2.06. The second-order valence-electron chi connectivity index (χ2n) is 3.53. The highest BCUT2D eigenvalue weighted by Gasteiger charge is 2.14. The Morgan fingerprint density at radius 1 is 1.24 bits per heavy atom. The summed E-state index contributed by atoms with van der Waals surface area (Å²) in [4.78, 5) is 11.4. The van der Waals surface area contributed by atoms with Gasteiger partial charge < -0.3 is 10.5 Å². The Balaban J connectivity index is 2.40. The van der Waals surface area contributed by atoms with Crippen molar-refractivity contribution in [2.75, 3.05) is 0 Å². The molecule has 0 aromatic heterocycles. The van der Waals surface area contributed by atoms with Gasteiger partial charge in [0.2, 0.25) is 0 Å². The first-order valence-electron chi connectivity index (χ1n) is 4.92. The van der Waals surface area contributed by atoms with Crippen LogP contribution in [0.5, 0.6) is 5.75 Å². The van der Waals surface area contributed by atoms with Crippen LogP contribution in [0.2, 0.25) is 0 Å². The monoisotopic (exact) mass is 358 g/mol. The van der Waals surface area contributed by atoms with Crippen LogP contribution in [0.15, 0.2) is 36.4 Å². The molecule has 2 aromatic carbocycles. The third kappa shape index (κ3) is 2.86. The van der Waals surface area contributed by atoms with Crippen LogP contribution in [0, 0.1) is 0 Å². The standard InChI is InChI=1S/C12H9Br2NO2/c13-11(14)12(16)17-8-5-7-3-1-2-4-9(7)10(15)6-8/h1-6,11H,15H2/p+1. The molecule has 0 radical (unpaired) electrons. The van der Waals surface area contributed by atoms with Crippen molar-refractivity contribution in [2.24, 2.45) is 0 Å². The van der Waals surface area contributed by atoms with Gasteiger partial charge in [0.25, 0.3) is 0 Å². The Labute approximate surface area is 115 Å². The normalized spacial score (nSPS) is 10.8. The average Bonchev–Trinajstić information content (AvgIpc) is 2.29. The van der Waals surface area contributed by atoms with Crippen molar-refractivity contribution in [1.29, 1.82) is 0 Å². The fraction of sp³-hybridized carbons (Fsp3) is 0.0833. The van der Waals surface area contributed by atoms with Gasteiger partial charge in [0.1, 0.15) is 11.4 Å². The van der Waals surface area contributed by atoms with E-state index >= 15 is 0 Å². The summed E-state index contributed by atoms with van der Waals surface area (Å²) in [6.07, 6.45) is 0. The summed E-state index contributed by atoms with van der Waals surface area (Å²) < 4.78 is 4.69. The van der Waals surface area contributed by atoms with Crippen LogP contribution >= 0.6 is 31.9 Å². The number of benzene rings is 2. The number of rotatable bonds is 2. The third-order valence-electron chi connectivity index (χ3n) is 2.32. The molecule has 0 atom stereocenters. The number of halogens is 2. The molecule has 0 fully saturated rings. The number of hydrogen-bond donors (Lipinski definition) is 1. The highest BCUT2D eigenvalue weighted by atomic mass is 79.9. The summed E-state index contributed by atoms with van der Waals surface area (Å²) >= 11 is 6.18. The zero-order valence-electron chi connectivity index (χ0n) is 8.82. The highest BCUT2D eigenvalue weighted by molar-refractivity contribution is 9.25. The molecule has 2 rings (SSSR count). The van der Waals surface area contributed by atoms with Crippen LogP contribution in [-0.4, -0.2) is 9.71 Å². The molecule has 88 valence electrons. The van der Waals surface area contributed by atoms with E-state index in [0.29, 0.717) is 5.75 Å². The minimum absolute atomic E-state index is 0.389. The van der Waals surface area contributed by atoms with Gasteiger partial charge in [-0.15, -0.1) is 0 Å². The van der Waals surface area contributed by atoms with Gasteiger partial charge in [-0.3, -0.25) is 0 Å². The van der Waals surface area contributed by atoms with E-state index in [4.69, 9.17) is 4.74 Å². The minimum Gasteiger partial charge on any atom is -0.425 e. The molecule has 0 bridgehead atoms. The molecule has 17 heavy (non-hydrogen) atoms. The highest BCUT2D eigenvalue weighted by Crippen LogP contribution is 2.27. The molecule has 2 aromatic rings. The van der Waals surface area contributed by atoms with Crippen LogP contribution in [0.1, 0.15) is 0 Å². The van der Waals surface area contributed by atoms with Crippen molar-refractivity contribution in [3.63, 3.8) is 0 Å². The van der Waals surface area contributed by atoms with Gasteiger partial charge in [0.05, 0.1) is 0 Å². The molecule has 3 N–H and O–H groups in total. The molecule has 0 aliphatic carbocycles. The van der Waals surface area contributed by atoms with Gasteiger partial charge in [0.15, 0.2) is 3.74 Å². The van der Waals surface area contributed by atoms with E-state index in [-0.39, 0.29) is 5.97 Å².